The molecule has 2 aromatic carbocycles. The van der Waals surface area contributed by atoms with Gasteiger partial charge in [-0.25, -0.2) is 8.78 Å². The van der Waals surface area contributed by atoms with Crippen LogP contribution in [0.15, 0.2) is 47.5 Å². The van der Waals surface area contributed by atoms with Gasteiger partial charge in [0.15, 0.2) is 5.96 Å². The highest BCUT2D eigenvalue weighted by molar-refractivity contribution is 5.79. The van der Waals surface area contributed by atoms with E-state index in [4.69, 9.17) is 5.26 Å². The molecule has 2 aromatic rings. The monoisotopic (exact) mass is 328 g/mol. The van der Waals surface area contributed by atoms with Crippen LogP contribution in [0.5, 0.6) is 0 Å². The highest BCUT2D eigenvalue weighted by atomic mass is 19.1. The zero-order valence-corrected chi connectivity index (χ0v) is 13.3. The first-order valence-corrected chi connectivity index (χ1v) is 7.50. The van der Waals surface area contributed by atoms with Crippen molar-refractivity contribution in [3.05, 3.63) is 70.8 Å². The number of guanidine groups is 1. The van der Waals surface area contributed by atoms with Crippen LogP contribution in [0.1, 0.15) is 16.7 Å². The molecule has 0 saturated heterocycles. The van der Waals surface area contributed by atoms with Gasteiger partial charge < -0.3 is 10.6 Å². The summed E-state index contributed by atoms with van der Waals surface area (Å²) in [5.74, 6) is -0.104. The molecular weight excluding hydrogens is 310 g/mol. The van der Waals surface area contributed by atoms with E-state index >= 15 is 0 Å². The molecule has 24 heavy (non-hydrogen) atoms. The van der Waals surface area contributed by atoms with E-state index < -0.39 is 0 Å². The molecule has 0 aliphatic carbocycles. The Labute approximate surface area is 139 Å². The highest BCUT2D eigenvalue weighted by Gasteiger charge is 2.05. The molecule has 0 fully saturated rings. The molecule has 2 rings (SSSR count). The quantitative estimate of drug-likeness (QED) is 0.655. The molecule has 0 unspecified atom stereocenters. The molecule has 0 amide bonds. The molecule has 2 N–H and O–H groups in total. The van der Waals surface area contributed by atoms with Crippen LogP contribution >= 0.6 is 0 Å². The maximum absolute atomic E-state index is 13.7. The van der Waals surface area contributed by atoms with Gasteiger partial charge in [0.1, 0.15) is 11.6 Å². The van der Waals surface area contributed by atoms with Gasteiger partial charge in [-0.1, -0.05) is 12.1 Å². The average molecular weight is 328 g/mol. The van der Waals surface area contributed by atoms with Crippen molar-refractivity contribution in [3.63, 3.8) is 0 Å². The zero-order valence-electron chi connectivity index (χ0n) is 13.3. The molecule has 0 spiro atoms. The first-order chi connectivity index (χ1) is 11.6. The fourth-order valence-corrected chi connectivity index (χ4v) is 2.16. The smallest absolute Gasteiger partial charge is 0.191 e. The van der Waals surface area contributed by atoms with Crippen LogP contribution in [0.2, 0.25) is 0 Å². The van der Waals surface area contributed by atoms with Crippen LogP contribution in [0.4, 0.5) is 8.78 Å². The van der Waals surface area contributed by atoms with Crippen molar-refractivity contribution < 1.29 is 8.78 Å². The fraction of sp³-hybridized carbons (Fsp3) is 0.222. The van der Waals surface area contributed by atoms with Crippen molar-refractivity contribution in [2.75, 3.05) is 13.6 Å². The minimum Gasteiger partial charge on any atom is -0.356 e. The van der Waals surface area contributed by atoms with Gasteiger partial charge in [0.05, 0.1) is 11.6 Å². The molecular formula is C18H18F2N4. The summed E-state index contributed by atoms with van der Waals surface area (Å²) in [5.41, 5.74) is 1.81. The van der Waals surface area contributed by atoms with Gasteiger partial charge in [0.2, 0.25) is 0 Å². The third-order valence-corrected chi connectivity index (χ3v) is 3.46. The van der Waals surface area contributed by atoms with Gasteiger partial charge in [-0.15, -0.1) is 0 Å². The Morgan fingerprint density at radius 2 is 1.88 bits per heavy atom. The molecule has 0 radical (unpaired) electrons. The second-order valence-electron chi connectivity index (χ2n) is 5.15. The summed E-state index contributed by atoms with van der Waals surface area (Å²) in [7, 11) is 1.62. The largest absolute Gasteiger partial charge is 0.356 e. The number of hydrogen-bond donors (Lipinski definition) is 2. The molecule has 0 aliphatic rings. The van der Waals surface area contributed by atoms with E-state index in [-0.39, 0.29) is 18.2 Å². The maximum Gasteiger partial charge on any atom is 0.191 e. The first kappa shape index (κ1) is 17.4. The molecule has 0 atom stereocenters. The number of nitriles is 1. The molecule has 4 nitrogen and oxygen atoms in total. The van der Waals surface area contributed by atoms with Crippen molar-refractivity contribution >= 4 is 5.96 Å². The van der Waals surface area contributed by atoms with Crippen molar-refractivity contribution in [1.82, 2.24) is 10.6 Å². The summed E-state index contributed by atoms with van der Waals surface area (Å²) in [6.45, 7) is 0.823. The van der Waals surface area contributed by atoms with Crippen LogP contribution in [0.3, 0.4) is 0 Å². The lowest BCUT2D eigenvalue weighted by Gasteiger charge is -2.12. The van der Waals surface area contributed by atoms with Crippen LogP contribution in [-0.4, -0.2) is 19.6 Å². The Morgan fingerprint density at radius 3 is 2.54 bits per heavy atom. The number of hydrogen-bond acceptors (Lipinski definition) is 2. The number of aliphatic imine (C=N–C) groups is 1. The summed E-state index contributed by atoms with van der Waals surface area (Å²) in [5, 5.41) is 15.0. The summed E-state index contributed by atoms with van der Waals surface area (Å²) in [6, 6.07) is 12.5. The fourth-order valence-electron chi connectivity index (χ4n) is 2.16. The zero-order chi connectivity index (χ0) is 17.4. The number of rotatable bonds is 5. The molecule has 6 heteroatoms. The van der Waals surface area contributed by atoms with Crippen LogP contribution in [0, 0.1) is 23.0 Å². The highest BCUT2D eigenvalue weighted by Crippen LogP contribution is 2.09. The predicted octanol–water partition coefficient (Wildman–Crippen LogP) is 2.74. The molecule has 0 aromatic heterocycles. The van der Waals surface area contributed by atoms with Crippen LogP contribution in [0.25, 0.3) is 0 Å². The number of benzene rings is 2. The number of nitrogens with one attached hydrogen (secondary N) is 2. The molecule has 0 bridgehead atoms. The van der Waals surface area contributed by atoms with E-state index in [2.05, 4.69) is 15.6 Å². The van der Waals surface area contributed by atoms with E-state index in [0.717, 1.165) is 5.56 Å². The Bertz CT molecular complexity index is 749. The molecule has 0 saturated carbocycles. The minimum atomic E-state index is -0.372. The lowest BCUT2D eigenvalue weighted by molar-refractivity contribution is 0.604. The lowest BCUT2D eigenvalue weighted by atomic mass is 10.1. The predicted molar refractivity (Wildman–Crippen MR) is 89.4 cm³/mol. The molecule has 0 heterocycles. The van der Waals surface area contributed by atoms with Gasteiger partial charge in [-0.2, -0.15) is 5.26 Å². The van der Waals surface area contributed by atoms with Crippen molar-refractivity contribution in [1.29, 1.82) is 5.26 Å². The summed E-state index contributed by atoms with van der Waals surface area (Å²) >= 11 is 0. The third kappa shape index (κ3) is 5.06. The van der Waals surface area contributed by atoms with Crippen molar-refractivity contribution in [2.24, 2.45) is 4.99 Å². The van der Waals surface area contributed by atoms with Gasteiger partial charge in [0, 0.05) is 25.7 Å². The Morgan fingerprint density at radius 1 is 1.12 bits per heavy atom. The minimum absolute atomic E-state index is 0.220. The Hall–Kier alpha value is -2.94. The Balaban J connectivity index is 1.84. The van der Waals surface area contributed by atoms with Crippen LogP contribution < -0.4 is 10.6 Å². The normalized spacial score (nSPS) is 11.0. The first-order valence-electron chi connectivity index (χ1n) is 7.50. The second kappa shape index (κ2) is 8.63. The molecule has 124 valence electrons. The van der Waals surface area contributed by atoms with E-state index in [1.807, 2.05) is 6.07 Å². The van der Waals surface area contributed by atoms with E-state index in [0.29, 0.717) is 30.1 Å². The van der Waals surface area contributed by atoms with Crippen molar-refractivity contribution in [3.8, 4) is 6.07 Å². The maximum atomic E-state index is 13.7. The van der Waals surface area contributed by atoms with Gasteiger partial charge >= 0.3 is 0 Å². The molecule has 0 aliphatic heterocycles. The third-order valence-electron chi connectivity index (χ3n) is 3.46. The Kier molecular flexibility index (Phi) is 6.26. The topological polar surface area (TPSA) is 60.2 Å². The van der Waals surface area contributed by atoms with Crippen molar-refractivity contribution in [2.45, 2.75) is 13.0 Å². The van der Waals surface area contributed by atoms with Crippen LogP contribution in [-0.2, 0) is 13.0 Å². The summed E-state index contributed by atoms with van der Waals surface area (Å²) < 4.78 is 26.6. The SMILES string of the molecule is CN=C(NCCc1ccc(F)cc1)NCc1cc(C#N)ccc1F. The number of halogens is 2. The average Bonchev–Trinajstić information content (AvgIpc) is 2.60. The van der Waals surface area contributed by atoms with E-state index in [9.17, 15) is 8.78 Å². The standard InChI is InChI=1S/C18H18F2N4/c1-22-18(23-9-8-13-2-5-16(19)6-3-13)24-12-15-10-14(11-21)4-7-17(15)20/h2-7,10H,8-9,12H2,1H3,(H2,22,23,24). The second-order valence-corrected chi connectivity index (χ2v) is 5.15. The number of nitrogens with zero attached hydrogens (tertiary/aromatic N) is 2. The summed E-state index contributed by atoms with van der Waals surface area (Å²) in [4.78, 5) is 4.07. The van der Waals surface area contributed by atoms with E-state index in [1.54, 1.807) is 19.2 Å². The van der Waals surface area contributed by atoms with Gasteiger partial charge in [0.25, 0.3) is 0 Å². The van der Waals surface area contributed by atoms with E-state index in [1.165, 1.54) is 30.3 Å². The van der Waals surface area contributed by atoms with Gasteiger partial charge in [-0.05, 0) is 42.3 Å². The summed E-state index contributed by atoms with van der Waals surface area (Å²) in [6.07, 6.45) is 0.708. The van der Waals surface area contributed by atoms with Gasteiger partial charge in [-0.3, -0.25) is 4.99 Å². The lowest BCUT2D eigenvalue weighted by Crippen LogP contribution is -2.38.